The monoisotopic (exact) mass is 245 g/mol. The van der Waals surface area contributed by atoms with Crippen molar-refractivity contribution in [2.45, 2.75) is 19.2 Å². The second kappa shape index (κ2) is 6.36. The molecule has 0 radical (unpaired) electrons. The van der Waals surface area contributed by atoms with E-state index in [9.17, 15) is 13.2 Å². The average Bonchev–Trinajstić information content (AvgIpc) is 2.10. The van der Waals surface area contributed by atoms with E-state index in [2.05, 4.69) is 11.9 Å². The van der Waals surface area contributed by atoms with Crippen LogP contribution in [0.25, 0.3) is 0 Å². The summed E-state index contributed by atoms with van der Waals surface area (Å²) in [5, 5.41) is 0.980. The first-order valence-electron chi connectivity index (χ1n) is 4.27. The summed E-state index contributed by atoms with van der Waals surface area (Å²) in [6, 6.07) is 0. The van der Waals surface area contributed by atoms with Gasteiger partial charge in [0, 0.05) is 0 Å². The van der Waals surface area contributed by atoms with Crippen molar-refractivity contribution < 1.29 is 17.8 Å². The molecule has 1 amide bonds. The zero-order valence-electron chi connectivity index (χ0n) is 8.28. The molecule has 0 aromatic carbocycles. The Morgan fingerprint density at radius 2 is 2.14 bits per heavy atom. The van der Waals surface area contributed by atoms with Crippen LogP contribution in [-0.4, -0.2) is 73.2 Å². The van der Waals surface area contributed by atoms with Crippen LogP contribution in [-0.2, 0) is 14.9 Å². The fraction of sp³-hybridized carbons (Fsp3) is 0.571. The number of carbonyl (C=O) groups excluding carboxylic acids is 1. The van der Waals surface area contributed by atoms with Crippen molar-refractivity contribution in [3.8, 4) is 0 Å². The van der Waals surface area contributed by atoms with Crippen LogP contribution >= 0.6 is 0 Å². The molecule has 0 aliphatic heterocycles. The van der Waals surface area contributed by atoms with Crippen LogP contribution in [0.2, 0.25) is 0.515 Å². The van der Waals surface area contributed by atoms with E-state index in [1.807, 2.05) is 0 Å². The van der Waals surface area contributed by atoms with Crippen molar-refractivity contribution >= 4 is 65.0 Å². The first-order valence-corrected chi connectivity index (χ1v) is 7.99. The van der Waals surface area contributed by atoms with Crippen molar-refractivity contribution in [2.75, 3.05) is 0 Å². The minimum atomic E-state index is -4.21. The molecule has 0 saturated carbocycles. The fourth-order valence-corrected chi connectivity index (χ4v) is 1.97. The van der Waals surface area contributed by atoms with Gasteiger partial charge in [-0.2, -0.15) is 0 Å². The fourth-order valence-electron chi connectivity index (χ4n) is 0.796. The Balaban J connectivity index is 4.50. The first kappa shape index (κ1) is 14.8. The maximum absolute atomic E-state index is 11.2. The van der Waals surface area contributed by atoms with Crippen LogP contribution in [0.4, 0.5) is 0 Å². The normalized spacial score (nSPS) is 13.4. The number of carbonyl (C=O) groups is 1. The summed E-state index contributed by atoms with van der Waals surface area (Å²) < 4.78 is 30.8. The van der Waals surface area contributed by atoms with E-state index in [1.165, 1.54) is 0 Å². The van der Waals surface area contributed by atoms with Gasteiger partial charge in [0.25, 0.3) is 0 Å². The number of nitrogens with one attached hydrogen (secondary N) is 1. The zero-order chi connectivity index (χ0) is 11.4. The number of hydrogen-bond donors (Lipinski definition) is 2. The molecule has 0 aliphatic rings. The molecule has 0 spiro atoms. The standard InChI is InChI=1S/C7H12NO4S.K/c1-4-6(13(10,11)12)8-7(9)5(2)3;/h6H,2-4H2,1H3,(H,8,9)(H,10,11,12);. The van der Waals surface area contributed by atoms with Gasteiger partial charge in [0.15, 0.2) is 0 Å². The summed E-state index contributed by atoms with van der Waals surface area (Å²) in [7, 11) is -4.21. The summed E-state index contributed by atoms with van der Waals surface area (Å²) in [6.07, 6.45) is 0.128. The molecule has 0 aliphatic carbocycles. The van der Waals surface area contributed by atoms with Crippen LogP contribution in [0.3, 0.4) is 0 Å². The Kier molecular flexibility index (Phi) is 6.71. The molecule has 0 aromatic heterocycles. The summed E-state index contributed by atoms with van der Waals surface area (Å²) >= 11 is 0.460. The Hall–Kier alpha value is 0.756. The number of rotatable bonds is 5. The third kappa shape index (κ3) is 5.01. The van der Waals surface area contributed by atoms with Crippen molar-refractivity contribution in [1.82, 2.24) is 5.32 Å². The molecule has 0 rings (SSSR count). The van der Waals surface area contributed by atoms with E-state index in [0.29, 0.717) is 55.0 Å². The molecule has 0 saturated heterocycles. The Morgan fingerprint density at radius 1 is 1.64 bits per heavy atom. The zero-order valence-corrected chi connectivity index (χ0v) is 12.2. The van der Waals surface area contributed by atoms with E-state index >= 15 is 0 Å². The quantitative estimate of drug-likeness (QED) is 0.401. The average molecular weight is 245 g/mol. The third-order valence-corrected chi connectivity index (χ3v) is 4.27. The van der Waals surface area contributed by atoms with Crippen molar-refractivity contribution in [1.29, 1.82) is 0 Å². The van der Waals surface area contributed by atoms with Crippen LogP contribution in [0.15, 0.2) is 12.2 Å². The number of hydrogen-bond acceptors (Lipinski definition) is 3. The van der Waals surface area contributed by atoms with Gasteiger partial charge in [-0.3, -0.25) is 0 Å². The summed E-state index contributed by atoms with van der Waals surface area (Å²) in [5.41, 5.74) is 0.368. The van der Waals surface area contributed by atoms with Gasteiger partial charge >= 0.3 is 119 Å². The molecule has 1 unspecified atom stereocenters. The van der Waals surface area contributed by atoms with Crippen LogP contribution < -0.4 is 5.32 Å². The van der Waals surface area contributed by atoms with Gasteiger partial charge in [-0.25, -0.2) is 0 Å². The summed E-state index contributed by atoms with van der Waals surface area (Å²) in [5.74, 6) is -0.498. The van der Waals surface area contributed by atoms with Crippen LogP contribution in [0.1, 0.15) is 13.3 Å². The molecule has 0 fully saturated rings. The van der Waals surface area contributed by atoms with Gasteiger partial charge in [-0.05, 0) is 0 Å². The molecule has 0 heterocycles. The molecule has 0 aromatic rings. The Bertz CT molecular complexity index is 325. The molecule has 76 valence electrons. The van der Waals surface area contributed by atoms with Crippen molar-refractivity contribution in [2.24, 2.45) is 0 Å². The molecule has 0 bridgehead atoms. The topological polar surface area (TPSA) is 83.5 Å². The van der Waals surface area contributed by atoms with Gasteiger partial charge in [0.05, 0.1) is 0 Å². The SMILES string of the molecule is C=C([CH2][K])C(=O)NC(CC)S(=O)(=O)O. The van der Waals surface area contributed by atoms with Gasteiger partial charge in [0.1, 0.15) is 0 Å². The molecule has 1 atom stereocenters. The van der Waals surface area contributed by atoms with E-state index < -0.39 is 21.4 Å². The Morgan fingerprint density at radius 3 is 2.43 bits per heavy atom. The minimum absolute atomic E-state index is 0.128. The van der Waals surface area contributed by atoms with Crippen LogP contribution in [0.5, 0.6) is 0 Å². The van der Waals surface area contributed by atoms with Crippen molar-refractivity contribution in [3.05, 3.63) is 12.2 Å². The molecular weight excluding hydrogens is 233 g/mol. The van der Waals surface area contributed by atoms with Crippen molar-refractivity contribution in [3.63, 3.8) is 0 Å². The second-order valence-corrected chi connectivity index (χ2v) is 5.55. The molecule has 2 N–H and O–H groups in total. The Labute approximate surface area is 118 Å². The molecule has 5 nitrogen and oxygen atoms in total. The summed E-state index contributed by atoms with van der Waals surface area (Å²) in [6.45, 7) is 5.06. The van der Waals surface area contributed by atoms with Gasteiger partial charge in [-0.15, -0.1) is 0 Å². The van der Waals surface area contributed by atoms with Gasteiger partial charge < -0.3 is 0 Å². The third-order valence-electron chi connectivity index (χ3n) is 1.77. The molecule has 7 heteroatoms. The van der Waals surface area contributed by atoms with E-state index in [1.54, 1.807) is 6.92 Å². The van der Waals surface area contributed by atoms with Crippen LogP contribution in [0, 0.1) is 0 Å². The number of amides is 1. The second-order valence-electron chi connectivity index (χ2n) is 2.84. The van der Waals surface area contributed by atoms with Gasteiger partial charge in [0.2, 0.25) is 0 Å². The maximum atomic E-state index is 11.2. The van der Waals surface area contributed by atoms with Gasteiger partial charge in [-0.1, -0.05) is 0 Å². The van der Waals surface area contributed by atoms with E-state index in [0.717, 1.165) is 0 Å². The predicted molar refractivity (Wildman–Crippen MR) is 53.5 cm³/mol. The predicted octanol–water partition coefficient (Wildman–Crippen LogP) is -0.131. The molecule has 14 heavy (non-hydrogen) atoms. The molecular formula is C7H12KNO4S. The van der Waals surface area contributed by atoms with E-state index in [-0.39, 0.29) is 6.42 Å². The van der Waals surface area contributed by atoms with E-state index in [4.69, 9.17) is 4.55 Å². The first-order chi connectivity index (χ1) is 6.32. The summed E-state index contributed by atoms with van der Waals surface area (Å²) in [4.78, 5) is 11.2.